The van der Waals surface area contributed by atoms with Crippen molar-refractivity contribution in [2.75, 3.05) is 0 Å². The number of halogens is 2. The van der Waals surface area contributed by atoms with E-state index in [-0.39, 0.29) is 5.03 Å². The Hall–Kier alpha value is -1.80. The van der Waals surface area contributed by atoms with Gasteiger partial charge in [0.25, 0.3) is 10.0 Å². The van der Waals surface area contributed by atoms with Crippen LogP contribution in [0.2, 0.25) is 0 Å². The maximum Gasteiger partial charge on any atom is 0.258 e. The van der Waals surface area contributed by atoms with Crippen LogP contribution in [0.3, 0.4) is 0 Å². The first kappa shape index (κ1) is 13.6. The van der Waals surface area contributed by atoms with Crippen molar-refractivity contribution in [3.05, 3.63) is 47.7 Å². The van der Waals surface area contributed by atoms with E-state index in [2.05, 4.69) is 14.9 Å². The van der Waals surface area contributed by atoms with E-state index in [0.717, 1.165) is 12.1 Å². The third-order valence-electron chi connectivity index (χ3n) is 2.54. The highest BCUT2D eigenvalue weighted by molar-refractivity contribution is 7.89. The summed E-state index contributed by atoms with van der Waals surface area (Å²) in [5, 5.41) is 5.77. The summed E-state index contributed by atoms with van der Waals surface area (Å²) >= 11 is 0. The average Bonchev–Trinajstić information content (AvgIpc) is 2.86. The predicted molar refractivity (Wildman–Crippen MR) is 63.7 cm³/mol. The number of rotatable bonds is 4. The topological polar surface area (TPSA) is 74.8 Å². The number of benzene rings is 1. The number of H-pyrrole nitrogens is 1. The molecule has 102 valence electrons. The molecule has 0 fully saturated rings. The number of nitrogens with one attached hydrogen (secondary N) is 2. The first-order valence-corrected chi connectivity index (χ1v) is 6.85. The molecule has 0 aliphatic carbocycles. The molecule has 0 aliphatic rings. The van der Waals surface area contributed by atoms with Gasteiger partial charge in [-0.15, -0.1) is 0 Å². The van der Waals surface area contributed by atoms with Crippen LogP contribution in [0.4, 0.5) is 8.78 Å². The summed E-state index contributed by atoms with van der Waals surface area (Å²) in [6, 6.07) is 3.81. The fraction of sp³-hybridized carbons (Fsp3) is 0.182. The van der Waals surface area contributed by atoms with E-state index in [1.807, 2.05) is 0 Å². The maximum absolute atomic E-state index is 13.1. The minimum absolute atomic E-state index is 0.0954. The molecule has 1 unspecified atom stereocenters. The van der Waals surface area contributed by atoms with Gasteiger partial charge in [-0.2, -0.15) is 5.10 Å². The van der Waals surface area contributed by atoms with E-state index in [0.29, 0.717) is 5.56 Å². The van der Waals surface area contributed by atoms with Gasteiger partial charge in [0.2, 0.25) is 0 Å². The zero-order valence-electron chi connectivity index (χ0n) is 9.89. The summed E-state index contributed by atoms with van der Waals surface area (Å²) < 4.78 is 52.0. The molecule has 1 heterocycles. The summed E-state index contributed by atoms with van der Waals surface area (Å²) in [6.45, 7) is 1.53. The molecule has 0 saturated heterocycles. The van der Waals surface area contributed by atoms with Crippen molar-refractivity contribution in [2.24, 2.45) is 0 Å². The smallest absolute Gasteiger partial charge is 0.258 e. The number of sulfonamides is 1. The minimum Gasteiger partial charge on any atom is -0.266 e. The SMILES string of the molecule is CC(NS(=O)(=O)c1ccn[nH]1)c1ccc(F)c(F)c1. The van der Waals surface area contributed by atoms with E-state index < -0.39 is 27.7 Å². The van der Waals surface area contributed by atoms with Gasteiger partial charge in [0.1, 0.15) is 0 Å². The maximum atomic E-state index is 13.1. The monoisotopic (exact) mass is 287 g/mol. The van der Waals surface area contributed by atoms with E-state index in [4.69, 9.17) is 0 Å². The van der Waals surface area contributed by atoms with Crippen LogP contribution in [0.25, 0.3) is 0 Å². The molecule has 1 aromatic carbocycles. The van der Waals surface area contributed by atoms with Gasteiger partial charge in [0.05, 0.1) is 6.20 Å². The van der Waals surface area contributed by atoms with Crippen molar-refractivity contribution < 1.29 is 17.2 Å². The standard InChI is InChI=1S/C11H11F2N3O2S/c1-7(8-2-3-9(12)10(13)6-8)16-19(17,18)11-4-5-14-15-11/h2-7,16H,1H3,(H,14,15). The van der Waals surface area contributed by atoms with Crippen molar-refractivity contribution in [1.82, 2.24) is 14.9 Å². The van der Waals surface area contributed by atoms with E-state index in [1.54, 1.807) is 0 Å². The second kappa shape index (κ2) is 5.06. The third kappa shape index (κ3) is 2.96. The van der Waals surface area contributed by atoms with Crippen LogP contribution in [-0.2, 0) is 10.0 Å². The lowest BCUT2D eigenvalue weighted by atomic mass is 10.1. The van der Waals surface area contributed by atoms with Gasteiger partial charge < -0.3 is 0 Å². The van der Waals surface area contributed by atoms with Gasteiger partial charge in [-0.05, 0) is 30.7 Å². The lowest BCUT2D eigenvalue weighted by Gasteiger charge is -2.13. The number of hydrogen-bond donors (Lipinski definition) is 2. The fourth-order valence-electron chi connectivity index (χ4n) is 1.54. The number of aromatic nitrogens is 2. The van der Waals surface area contributed by atoms with E-state index >= 15 is 0 Å². The summed E-state index contributed by atoms with van der Waals surface area (Å²) in [4.78, 5) is 0. The van der Waals surface area contributed by atoms with Crippen LogP contribution in [-0.4, -0.2) is 18.6 Å². The molecule has 0 bridgehead atoms. The highest BCUT2D eigenvalue weighted by Crippen LogP contribution is 2.18. The molecule has 1 atom stereocenters. The molecule has 1 aromatic heterocycles. The molecule has 2 aromatic rings. The van der Waals surface area contributed by atoms with Crippen molar-refractivity contribution in [3.63, 3.8) is 0 Å². The van der Waals surface area contributed by atoms with Crippen LogP contribution in [0.5, 0.6) is 0 Å². The molecule has 2 N–H and O–H groups in total. The van der Waals surface area contributed by atoms with Gasteiger partial charge in [0, 0.05) is 6.04 Å². The number of aromatic amines is 1. The molecule has 0 aliphatic heterocycles. The fourth-order valence-corrected chi connectivity index (χ4v) is 2.68. The average molecular weight is 287 g/mol. The van der Waals surface area contributed by atoms with Gasteiger partial charge in [-0.1, -0.05) is 6.07 Å². The van der Waals surface area contributed by atoms with Crippen LogP contribution < -0.4 is 4.72 Å². The Morgan fingerprint density at radius 2 is 2.00 bits per heavy atom. The van der Waals surface area contributed by atoms with Crippen molar-refractivity contribution >= 4 is 10.0 Å². The van der Waals surface area contributed by atoms with Gasteiger partial charge >= 0.3 is 0 Å². The van der Waals surface area contributed by atoms with Crippen LogP contribution in [0, 0.1) is 11.6 Å². The highest BCUT2D eigenvalue weighted by Gasteiger charge is 2.20. The third-order valence-corrected chi connectivity index (χ3v) is 4.01. The number of nitrogens with zero attached hydrogens (tertiary/aromatic N) is 1. The Bertz CT molecular complexity index is 671. The second-order valence-corrected chi connectivity index (χ2v) is 5.62. The molecule has 2 rings (SSSR count). The quantitative estimate of drug-likeness (QED) is 0.899. The van der Waals surface area contributed by atoms with Gasteiger partial charge in [-0.3, -0.25) is 5.10 Å². The van der Waals surface area contributed by atoms with Crippen molar-refractivity contribution in [3.8, 4) is 0 Å². The Kier molecular flexibility index (Phi) is 3.63. The lowest BCUT2D eigenvalue weighted by molar-refractivity contribution is 0.504. The van der Waals surface area contributed by atoms with Crippen molar-refractivity contribution in [2.45, 2.75) is 18.0 Å². The molecule has 8 heteroatoms. The molecule has 0 amide bonds. The summed E-state index contributed by atoms with van der Waals surface area (Å²) in [5.41, 5.74) is 0.321. The molecule has 5 nitrogen and oxygen atoms in total. The summed E-state index contributed by atoms with van der Waals surface area (Å²) in [5.74, 6) is -2.00. The van der Waals surface area contributed by atoms with E-state index in [9.17, 15) is 17.2 Å². The van der Waals surface area contributed by atoms with E-state index in [1.165, 1.54) is 25.3 Å². The first-order chi connectivity index (χ1) is 8.90. The first-order valence-electron chi connectivity index (χ1n) is 5.37. The number of hydrogen-bond acceptors (Lipinski definition) is 3. The Morgan fingerprint density at radius 3 is 2.58 bits per heavy atom. The Balaban J connectivity index is 2.21. The second-order valence-electron chi connectivity index (χ2n) is 3.94. The van der Waals surface area contributed by atoms with Gasteiger partial charge in [-0.25, -0.2) is 21.9 Å². The Labute approximate surface area is 108 Å². The zero-order chi connectivity index (χ0) is 14.0. The summed E-state index contributed by atoms with van der Waals surface area (Å²) in [7, 11) is -3.77. The minimum atomic E-state index is -3.77. The predicted octanol–water partition coefficient (Wildman–Crippen LogP) is 1.73. The zero-order valence-corrected chi connectivity index (χ0v) is 10.7. The molecule has 0 spiro atoms. The molecule has 0 saturated carbocycles. The van der Waals surface area contributed by atoms with Crippen LogP contribution in [0.1, 0.15) is 18.5 Å². The Morgan fingerprint density at radius 1 is 1.26 bits per heavy atom. The van der Waals surface area contributed by atoms with Crippen molar-refractivity contribution in [1.29, 1.82) is 0 Å². The van der Waals surface area contributed by atoms with Crippen LogP contribution in [0.15, 0.2) is 35.5 Å². The molecule has 0 radical (unpaired) electrons. The summed E-state index contributed by atoms with van der Waals surface area (Å²) in [6.07, 6.45) is 1.30. The van der Waals surface area contributed by atoms with Crippen LogP contribution >= 0.6 is 0 Å². The molecular formula is C11H11F2N3O2S. The van der Waals surface area contributed by atoms with Gasteiger partial charge in [0.15, 0.2) is 16.7 Å². The molecular weight excluding hydrogens is 276 g/mol. The molecule has 19 heavy (non-hydrogen) atoms. The largest absolute Gasteiger partial charge is 0.266 e. The highest BCUT2D eigenvalue weighted by atomic mass is 32.2. The normalized spacial score (nSPS) is 13.4. The lowest BCUT2D eigenvalue weighted by Crippen LogP contribution is -2.27.